The molecule has 0 unspecified atom stereocenters. The van der Waals surface area contributed by atoms with Crippen molar-refractivity contribution in [3.05, 3.63) is 23.8 Å². The molecule has 0 bridgehead atoms. The first kappa shape index (κ1) is 10.3. The number of nitrogens with one attached hydrogen (secondary N) is 1. The highest BCUT2D eigenvalue weighted by Gasteiger charge is 2.14. The second-order valence-electron chi connectivity index (χ2n) is 4.60. The lowest BCUT2D eigenvalue weighted by Gasteiger charge is -2.12. The maximum absolute atomic E-state index is 5.86. The van der Waals surface area contributed by atoms with Crippen molar-refractivity contribution >= 4 is 11.4 Å². The second-order valence-corrected chi connectivity index (χ2v) is 4.60. The number of rotatable bonds is 3. The van der Waals surface area contributed by atoms with E-state index in [1.165, 1.54) is 25.7 Å². The molecule has 0 aromatic heterocycles. The number of nitrogens with two attached hydrogens (primary N) is 1. The number of aryl methyl sites for hydroxylation is 1. The molecule has 2 rings (SSSR count). The van der Waals surface area contributed by atoms with E-state index in [4.69, 9.17) is 5.73 Å². The Balaban J connectivity index is 1.90. The van der Waals surface area contributed by atoms with Crippen LogP contribution in [0, 0.1) is 12.8 Å². The van der Waals surface area contributed by atoms with Gasteiger partial charge in [-0.15, -0.1) is 0 Å². The lowest BCUT2D eigenvalue weighted by molar-refractivity contribution is 0.580. The summed E-state index contributed by atoms with van der Waals surface area (Å²) in [4.78, 5) is 0. The van der Waals surface area contributed by atoms with E-state index in [0.29, 0.717) is 0 Å². The van der Waals surface area contributed by atoms with Crippen LogP contribution < -0.4 is 11.1 Å². The average Bonchev–Trinajstić information content (AvgIpc) is 2.73. The molecular formula is C13H20N2. The first-order valence-electron chi connectivity index (χ1n) is 5.86. The van der Waals surface area contributed by atoms with Crippen LogP contribution in [0.15, 0.2) is 18.2 Å². The van der Waals surface area contributed by atoms with Crippen LogP contribution in [0.4, 0.5) is 11.4 Å². The SMILES string of the molecule is Cc1ccc(NCC2CCCC2)cc1N. The Bertz CT molecular complexity index is 327. The monoisotopic (exact) mass is 204 g/mol. The first-order chi connectivity index (χ1) is 7.25. The number of nitrogen functional groups attached to an aromatic ring is 1. The molecule has 15 heavy (non-hydrogen) atoms. The highest BCUT2D eigenvalue weighted by Crippen LogP contribution is 2.25. The van der Waals surface area contributed by atoms with Gasteiger partial charge in [0, 0.05) is 17.9 Å². The molecule has 0 saturated heterocycles. The van der Waals surface area contributed by atoms with Crippen molar-refractivity contribution < 1.29 is 0 Å². The van der Waals surface area contributed by atoms with E-state index in [0.717, 1.165) is 29.4 Å². The number of benzene rings is 1. The van der Waals surface area contributed by atoms with Gasteiger partial charge in [-0.3, -0.25) is 0 Å². The molecular weight excluding hydrogens is 184 g/mol. The average molecular weight is 204 g/mol. The molecule has 0 heterocycles. The van der Waals surface area contributed by atoms with Crippen molar-refractivity contribution in [1.82, 2.24) is 0 Å². The predicted molar refractivity (Wildman–Crippen MR) is 66.0 cm³/mol. The maximum Gasteiger partial charge on any atom is 0.0364 e. The summed E-state index contributed by atoms with van der Waals surface area (Å²) in [5, 5.41) is 3.47. The molecule has 82 valence electrons. The third-order valence-corrected chi connectivity index (χ3v) is 3.35. The van der Waals surface area contributed by atoms with Crippen molar-refractivity contribution in [2.24, 2.45) is 5.92 Å². The summed E-state index contributed by atoms with van der Waals surface area (Å²) in [6.07, 6.45) is 5.58. The summed E-state index contributed by atoms with van der Waals surface area (Å²) in [7, 11) is 0. The Morgan fingerprint density at radius 3 is 2.73 bits per heavy atom. The van der Waals surface area contributed by atoms with Gasteiger partial charge in [-0.25, -0.2) is 0 Å². The van der Waals surface area contributed by atoms with Crippen molar-refractivity contribution in [1.29, 1.82) is 0 Å². The Morgan fingerprint density at radius 2 is 2.07 bits per heavy atom. The summed E-state index contributed by atoms with van der Waals surface area (Å²) in [5.41, 5.74) is 9.06. The van der Waals surface area contributed by atoms with Gasteiger partial charge in [-0.2, -0.15) is 0 Å². The molecule has 0 atom stereocenters. The molecule has 1 aromatic rings. The predicted octanol–water partition coefficient (Wildman–Crippen LogP) is 3.18. The minimum Gasteiger partial charge on any atom is -0.398 e. The molecule has 0 radical (unpaired) electrons. The van der Waals surface area contributed by atoms with E-state index in [-0.39, 0.29) is 0 Å². The van der Waals surface area contributed by atoms with Crippen LogP contribution in [-0.4, -0.2) is 6.54 Å². The Morgan fingerprint density at radius 1 is 1.33 bits per heavy atom. The summed E-state index contributed by atoms with van der Waals surface area (Å²) in [6.45, 7) is 3.14. The van der Waals surface area contributed by atoms with E-state index in [1.807, 2.05) is 13.0 Å². The minimum atomic E-state index is 0.868. The zero-order valence-electron chi connectivity index (χ0n) is 9.42. The number of anilines is 2. The molecule has 0 amide bonds. The van der Waals surface area contributed by atoms with Crippen LogP contribution in [0.3, 0.4) is 0 Å². The van der Waals surface area contributed by atoms with Crippen LogP contribution in [-0.2, 0) is 0 Å². The Kier molecular flexibility index (Phi) is 3.14. The molecule has 0 spiro atoms. The van der Waals surface area contributed by atoms with Gasteiger partial charge in [0.15, 0.2) is 0 Å². The minimum absolute atomic E-state index is 0.868. The van der Waals surface area contributed by atoms with Crippen molar-refractivity contribution in [3.63, 3.8) is 0 Å². The van der Waals surface area contributed by atoms with Crippen LogP contribution in [0.1, 0.15) is 31.2 Å². The highest BCUT2D eigenvalue weighted by atomic mass is 14.9. The molecule has 1 aliphatic rings. The van der Waals surface area contributed by atoms with Gasteiger partial charge in [-0.1, -0.05) is 18.9 Å². The maximum atomic E-state index is 5.86. The van der Waals surface area contributed by atoms with E-state index >= 15 is 0 Å². The number of hydrogen-bond donors (Lipinski definition) is 2. The summed E-state index contributed by atoms with van der Waals surface area (Å²) in [5.74, 6) is 0.868. The van der Waals surface area contributed by atoms with Crippen LogP contribution in [0.2, 0.25) is 0 Å². The Labute approximate surface area is 91.9 Å². The Hall–Kier alpha value is -1.18. The number of hydrogen-bond acceptors (Lipinski definition) is 2. The van der Waals surface area contributed by atoms with Crippen molar-refractivity contribution in [2.75, 3.05) is 17.6 Å². The van der Waals surface area contributed by atoms with Gasteiger partial charge < -0.3 is 11.1 Å². The molecule has 2 nitrogen and oxygen atoms in total. The van der Waals surface area contributed by atoms with Gasteiger partial charge in [0.05, 0.1) is 0 Å². The molecule has 0 aliphatic heterocycles. The zero-order valence-corrected chi connectivity index (χ0v) is 9.42. The van der Waals surface area contributed by atoms with Gasteiger partial charge >= 0.3 is 0 Å². The van der Waals surface area contributed by atoms with E-state index < -0.39 is 0 Å². The van der Waals surface area contributed by atoms with E-state index in [9.17, 15) is 0 Å². The van der Waals surface area contributed by atoms with Crippen molar-refractivity contribution in [3.8, 4) is 0 Å². The van der Waals surface area contributed by atoms with E-state index in [1.54, 1.807) is 0 Å². The third kappa shape index (κ3) is 2.65. The van der Waals surface area contributed by atoms with Crippen LogP contribution in [0.5, 0.6) is 0 Å². The van der Waals surface area contributed by atoms with Gasteiger partial charge in [0.1, 0.15) is 0 Å². The lowest BCUT2D eigenvalue weighted by Crippen LogP contribution is -2.11. The molecule has 1 saturated carbocycles. The van der Waals surface area contributed by atoms with Crippen molar-refractivity contribution in [2.45, 2.75) is 32.6 Å². The molecule has 1 fully saturated rings. The normalized spacial score (nSPS) is 16.9. The van der Waals surface area contributed by atoms with Crippen LogP contribution >= 0.6 is 0 Å². The first-order valence-corrected chi connectivity index (χ1v) is 5.86. The summed E-state index contributed by atoms with van der Waals surface area (Å²) >= 11 is 0. The van der Waals surface area contributed by atoms with Gasteiger partial charge in [-0.05, 0) is 43.4 Å². The molecule has 1 aliphatic carbocycles. The third-order valence-electron chi connectivity index (χ3n) is 3.35. The van der Waals surface area contributed by atoms with E-state index in [2.05, 4.69) is 17.4 Å². The smallest absolute Gasteiger partial charge is 0.0364 e. The van der Waals surface area contributed by atoms with Crippen LogP contribution in [0.25, 0.3) is 0 Å². The quantitative estimate of drug-likeness (QED) is 0.742. The largest absolute Gasteiger partial charge is 0.398 e. The van der Waals surface area contributed by atoms with Gasteiger partial charge in [0.2, 0.25) is 0 Å². The lowest BCUT2D eigenvalue weighted by atomic mass is 10.1. The fourth-order valence-electron chi connectivity index (χ4n) is 2.23. The molecule has 3 N–H and O–H groups in total. The topological polar surface area (TPSA) is 38.0 Å². The fraction of sp³-hybridized carbons (Fsp3) is 0.538. The summed E-state index contributed by atoms with van der Waals surface area (Å²) in [6, 6.07) is 6.22. The molecule has 1 aromatic carbocycles. The summed E-state index contributed by atoms with van der Waals surface area (Å²) < 4.78 is 0. The van der Waals surface area contributed by atoms with Gasteiger partial charge in [0.25, 0.3) is 0 Å². The highest BCUT2D eigenvalue weighted by molar-refractivity contribution is 5.58. The standard InChI is InChI=1S/C13H20N2/c1-10-6-7-12(8-13(10)14)15-9-11-4-2-3-5-11/h6-8,11,15H,2-5,9,14H2,1H3. The second kappa shape index (κ2) is 4.56. The molecule has 2 heteroatoms. The zero-order chi connectivity index (χ0) is 10.7. The fourth-order valence-corrected chi connectivity index (χ4v) is 2.23.